The first-order valence-corrected chi connectivity index (χ1v) is 7.72. The van der Waals surface area contributed by atoms with Crippen LogP contribution in [0.25, 0.3) is 0 Å². The highest BCUT2D eigenvalue weighted by atomic mass is 15.1. The van der Waals surface area contributed by atoms with Crippen LogP contribution in [0.5, 0.6) is 0 Å². The minimum absolute atomic E-state index is 0.739. The van der Waals surface area contributed by atoms with Crippen molar-refractivity contribution < 1.29 is 0 Å². The molecule has 2 heteroatoms. The van der Waals surface area contributed by atoms with Gasteiger partial charge in [0.05, 0.1) is 0 Å². The predicted octanol–water partition coefficient (Wildman–Crippen LogP) is 3.28. The largest absolute Gasteiger partial charge is 0.314 e. The second-order valence-corrected chi connectivity index (χ2v) is 5.71. The van der Waals surface area contributed by atoms with E-state index in [1.54, 1.807) is 0 Å². The summed E-state index contributed by atoms with van der Waals surface area (Å²) < 4.78 is 0. The highest BCUT2D eigenvalue weighted by Crippen LogP contribution is 2.12. The van der Waals surface area contributed by atoms with Gasteiger partial charge in [0.1, 0.15) is 0 Å². The van der Waals surface area contributed by atoms with Gasteiger partial charge in [0.15, 0.2) is 0 Å². The normalized spacial score (nSPS) is 20.6. The van der Waals surface area contributed by atoms with Crippen molar-refractivity contribution in [2.24, 2.45) is 5.92 Å². The summed E-state index contributed by atoms with van der Waals surface area (Å²) in [5.74, 6) is 0.867. The van der Waals surface area contributed by atoms with Crippen LogP contribution in [0.1, 0.15) is 59.3 Å². The molecule has 1 rings (SSSR count). The van der Waals surface area contributed by atoms with Crippen molar-refractivity contribution in [1.82, 2.24) is 10.2 Å². The quantitative estimate of drug-likeness (QED) is 0.622. The van der Waals surface area contributed by atoms with Crippen LogP contribution in [0, 0.1) is 5.92 Å². The minimum Gasteiger partial charge on any atom is -0.314 e. The molecule has 2 nitrogen and oxygen atoms in total. The molecule has 0 aromatic heterocycles. The molecule has 0 amide bonds. The zero-order valence-corrected chi connectivity index (χ0v) is 12.2. The molecule has 1 fully saturated rings. The average molecular weight is 240 g/mol. The van der Waals surface area contributed by atoms with E-state index >= 15 is 0 Å². The summed E-state index contributed by atoms with van der Waals surface area (Å²) >= 11 is 0. The maximum atomic E-state index is 3.73. The van der Waals surface area contributed by atoms with Crippen molar-refractivity contribution in [2.45, 2.75) is 65.3 Å². The Bertz CT molecular complexity index is 176. The van der Waals surface area contributed by atoms with E-state index in [9.17, 15) is 0 Å². The van der Waals surface area contributed by atoms with Crippen LogP contribution < -0.4 is 5.32 Å². The van der Waals surface area contributed by atoms with Gasteiger partial charge < -0.3 is 10.2 Å². The van der Waals surface area contributed by atoms with Gasteiger partial charge in [0, 0.05) is 6.04 Å². The molecule has 1 saturated heterocycles. The number of likely N-dealkylation sites (tertiary alicyclic amines) is 1. The number of hydrogen-bond acceptors (Lipinski definition) is 2. The number of nitrogens with one attached hydrogen (secondary N) is 1. The van der Waals surface area contributed by atoms with E-state index < -0.39 is 0 Å². The number of rotatable bonds is 9. The molecule has 0 aliphatic carbocycles. The van der Waals surface area contributed by atoms with Crippen LogP contribution >= 0.6 is 0 Å². The van der Waals surface area contributed by atoms with Gasteiger partial charge in [-0.15, -0.1) is 0 Å². The van der Waals surface area contributed by atoms with Crippen LogP contribution in [0.4, 0.5) is 0 Å². The van der Waals surface area contributed by atoms with Crippen molar-refractivity contribution in [1.29, 1.82) is 0 Å². The van der Waals surface area contributed by atoms with Gasteiger partial charge >= 0.3 is 0 Å². The second-order valence-electron chi connectivity index (χ2n) is 5.71. The van der Waals surface area contributed by atoms with Crippen molar-refractivity contribution in [3.05, 3.63) is 0 Å². The SMILES string of the molecule is CCC(C)CC(CC)NCCCN1CCCC1. The lowest BCUT2D eigenvalue weighted by molar-refractivity contribution is 0.319. The first kappa shape index (κ1) is 15.0. The standard InChI is InChI=1S/C15H32N2/c1-4-14(3)13-15(5-2)16-9-8-12-17-10-6-7-11-17/h14-16H,4-13H2,1-3H3. The summed E-state index contributed by atoms with van der Waals surface area (Å²) in [6, 6.07) is 0.739. The number of hydrogen-bond donors (Lipinski definition) is 1. The minimum atomic E-state index is 0.739. The molecule has 2 unspecified atom stereocenters. The summed E-state index contributed by atoms with van der Waals surface area (Å²) in [5.41, 5.74) is 0. The predicted molar refractivity (Wildman–Crippen MR) is 76.4 cm³/mol. The van der Waals surface area contributed by atoms with Crippen molar-refractivity contribution >= 4 is 0 Å². The van der Waals surface area contributed by atoms with Gasteiger partial charge in [-0.2, -0.15) is 0 Å². The van der Waals surface area contributed by atoms with Gasteiger partial charge in [0.25, 0.3) is 0 Å². The van der Waals surface area contributed by atoms with Crippen LogP contribution in [0.2, 0.25) is 0 Å². The van der Waals surface area contributed by atoms with Crippen LogP contribution in [0.15, 0.2) is 0 Å². The second kappa shape index (κ2) is 8.93. The van der Waals surface area contributed by atoms with E-state index in [1.165, 1.54) is 64.7 Å². The molecule has 0 radical (unpaired) electrons. The monoisotopic (exact) mass is 240 g/mol. The van der Waals surface area contributed by atoms with Gasteiger partial charge in [0.2, 0.25) is 0 Å². The van der Waals surface area contributed by atoms with Crippen molar-refractivity contribution in [2.75, 3.05) is 26.2 Å². The van der Waals surface area contributed by atoms with E-state index in [0.717, 1.165) is 12.0 Å². The molecular weight excluding hydrogens is 208 g/mol. The molecule has 0 aromatic carbocycles. The lowest BCUT2D eigenvalue weighted by Gasteiger charge is -2.21. The Morgan fingerprint density at radius 2 is 1.82 bits per heavy atom. The summed E-state index contributed by atoms with van der Waals surface area (Å²) in [6.45, 7) is 12.1. The Morgan fingerprint density at radius 3 is 2.41 bits per heavy atom. The molecule has 1 heterocycles. The molecule has 0 saturated carbocycles. The lowest BCUT2D eigenvalue weighted by Crippen LogP contribution is -2.33. The van der Waals surface area contributed by atoms with Crippen molar-refractivity contribution in [3.8, 4) is 0 Å². The molecule has 2 atom stereocenters. The summed E-state index contributed by atoms with van der Waals surface area (Å²) in [4.78, 5) is 2.61. The fourth-order valence-electron chi connectivity index (χ4n) is 2.66. The molecule has 1 aliphatic heterocycles. The Hall–Kier alpha value is -0.0800. The van der Waals surface area contributed by atoms with Gasteiger partial charge in [-0.1, -0.05) is 27.2 Å². The third-order valence-corrected chi connectivity index (χ3v) is 4.16. The maximum Gasteiger partial charge on any atom is 0.00669 e. The molecule has 0 spiro atoms. The molecule has 17 heavy (non-hydrogen) atoms. The first-order valence-electron chi connectivity index (χ1n) is 7.72. The summed E-state index contributed by atoms with van der Waals surface area (Å²) in [5, 5.41) is 3.73. The van der Waals surface area contributed by atoms with Gasteiger partial charge in [-0.25, -0.2) is 0 Å². The van der Waals surface area contributed by atoms with Gasteiger partial charge in [-0.05, 0) is 64.2 Å². The molecule has 0 aromatic rings. The molecule has 102 valence electrons. The van der Waals surface area contributed by atoms with Crippen LogP contribution in [0.3, 0.4) is 0 Å². The van der Waals surface area contributed by atoms with Crippen LogP contribution in [-0.2, 0) is 0 Å². The van der Waals surface area contributed by atoms with Gasteiger partial charge in [-0.3, -0.25) is 0 Å². The fourth-order valence-corrected chi connectivity index (χ4v) is 2.66. The topological polar surface area (TPSA) is 15.3 Å². The Kier molecular flexibility index (Phi) is 7.87. The Labute approximate surface area is 108 Å². The maximum absolute atomic E-state index is 3.73. The lowest BCUT2D eigenvalue weighted by atomic mass is 9.98. The van der Waals surface area contributed by atoms with E-state index in [0.29, 0.717) is 0 Å². The smallest absolute Gasteiger partial charge is 0.00669 e. The van der Waals surface area contributed by atoms with Crippen LogP contribution in [-0.4, -0.2) is 37.1 Å². The number of nitrogens with zero attached hydrogens (tertiary/aromatic N) is 1. The van der Waals surface area contributed by atoms with E-state index in [-0.39, 0.29) is 0 Å². The zero-order chi connectivity index (χ0) is 12.5. The molecule has 1 N–H and O–H groups in total. The average Bonchev–Trinajstić information content (AvgIpc) is 2.85. The van der Waals surface area contributed by atoms with E-state index in [1.807, 2.05) is 0 Å². The summed E-state index contributed by atoms with van der Waals surface area (Å²) in [7, 11) is 0. The molecule has 0 bridgehead atoms. The zero-order valence-electron chi connectivity index (χ0n) is 12.2. The Balaban J connectivity index is 2.02. The third-order valence-electron chi connectivity index (χ3n) is 4.16. The fraction of sp³-hybridized carbons (Fsp3) is 1.00. The summed E-state index contributed by atoms with van der Waals surface area (Å²) in [6.07, 6.45) is 8.08. The van der Waals surface area contributed by atoms with Crippen molar-refractivity contribution in [3.63, 3.8) is 0 Å². The molecule has 1 aliphatic rings. The first-order chi connectivity index (χ1) is 8.26. The highest BCUT2D eigenvalue weighted by Gasteiger charge is 2.12. The Morgan fingerprint density at radius 1 is 1.12 bits per heavy atom. The third kappa shape index (κ3) is 6.42. The van der Waals surface area contributed by atoms with E-state index in [2.05, 4.69) is 31.0 Å². The van der Waals surface area contributed by atoms with E-state index in [4.69, 9.17) is 0 Å². The highest BCUT2D eigenvalue weighted by molar-refractivity contribution is 4.70. The molecular formula is C15H32N2.